The highest BCUT2D eigenvalue weighted by atomic mass is 32.1. The fourth-order valence-electron chi connectivity index (χ4n) is 1.70. The molecule has 0 unspecified atom stereocenters. The van der Waals surface area contributed by atoms with Gasteiger partial charge in [0.15, 0.2) is 0 Å². The Morgan fingerprint density at radius 3 is 2.89 bits per heavy atom. The zero-order chi connectivity index (χ0) is 13.0. The maximum Gasteiger partial charge on any atom is 0.134 e. The minimum atomic E-state index is 0.542. The first-order valence-corrected chi connectivity index (χ1v) is 6.94. The molecule has 0 radical (unpaired) electrons. The molecule has 0 fully saturated rings. The largest absolute Gasteiger partial charge is 0.384 e. The Kier molecular flexibility index (Phi) is 4.15. The lowest BCUT2D eigenvalue weighted by molar-refractivity contribution is 0.845. The van der Waals surface area contributed by atoms with Crippen LogP contribution < -0.4 is 10.6 Å². The van der Waals surface area contributed by atoms with Crippen molar-refractivity contribution in [2.45, 2.75) is 19.8 Å². The van der Waals surface area contributed by atoms with Crippen molar-refractivity contribution in [2.24, 2.45) is 0 Å². The van der Waals surface area contributed by atoms with Crippen LogP contribution in [0.5, 0.6) is 0 Å². The molecule has 0 saturated carbocycles. The van der Waals surface area contributed by atoms with Crippen molar-refractivity contribution in [3.63, 3.8) is 0 Å². The molecule has 96 valence electrons. The van der Waals surface area contributed by atoms with E-state index in [-0.39, 0.29) is 0 Å². The summed E-state index contributed by atoms with van der Waals surface area (Å²) in [6.07, 6.45) is 1.83. The van der Waals surface area contributed by atoms with Crippen LogP contribution in [0.2, 0.25) is 0 Å². The normalized spacial score (nSPS) is 10.6. The number of nitrogens with zero attached hydrogens (tertiary/aromatic N) is 3. The van der Waals surface area contributed by atoms with Crippen LogP contribution in [0, 0.1) is 0 Å². The van der Waals surface area contributed by atoms with Gasteiger partial charge in [-0.2, -0.15) is 0 Å². The van der Waals surface area contributed by atoms with Crippen molar-refractivity contribution in [1.82, 2.24) is 9.97 Å². The van der Waals surface area contributed by atoms with E-state index < -0.39 is 0 Å². The number of nitrogens with two attached hydrogens (primary N) is 1. The van der Waals surface area contributed by atoms with Crippen LogP contribution in [0.1, 0.15) is 17.6 Å². The molecule has 0 atom stereocenters. The number of anilines is 2. The highest BCUT2D eigenvalue weighted by Crippen LogP contribution is 2.15. The molecule has 2 aromatic heterocycles. The Labute approximate surface area is 111 Å². The average Bonchev–Trinajstić information content (AvgIpc) is 2.88. The van der Waals surface area contributed by atoms with Crippen molar-refractivity contribution in [3.8, 4) is 0 Å². The minimum absolute atomic E-state index is 0.542. The third kappa shape index (κ3) is 3.20. The van der Waals surface area contributed by atoms with Crippen LogP contribution in [0.25, 0.3) is 0 Å². The Hall–Kier alpha value is -1.62. The van der Waals surface area contributed by atoms with Gasteiger partial charge in [0.25, 0.3) is 0 Å². The van der Waals surface area contributed by atoms with Gasteiger partial charge in [-0.3, -0.25) is 0 Å². The predicted octanol–water partition coefficient (Wildman–Crippen LogP) is 2.36. The molecule has 2 heterocycles. The summed E-state index contributed by atoms with van der Waals surface area (Å²) in [5.41, 5.74) is 5.79. The first-order chi connectivity index (χ1) is 8.69. The lowest BCUT2D eigenvalue weighted by Gasteiger charge is -2.18. The SMILES string of the molecule is CCc1nc(N)cc(N(C)CCc2cccs2)n1. The van der Waals surface area contributed by atoms with Gasteiger partial charge in [0.1, 0.15) is 17.5 Å². The third-order valence-corrected chi connectivity index (χ3v) is 3.70. The van der Waals surface area contributed by atoms with Gasteiger partial charge in [0.05, 0.1) is 0 Å². The standard InChI is InChI=1S/C13H18N4S/c1-3-12-15-11(14)9-13(16-12)17(2)7-6-10-5-4-8-18-10/h4-5,8-9H,3,6-7H2,1-2H3,(H2,14,15,16). The molecule has 0 aromatic carbocycles. The molecule has 4 nitrogen and oxygen atoms in total. The third-order valence-electron chi connectivity index (χ3n) is 2.76. The molecule has 2 rings (SSSR count). The Bertz CT molecular complexity index is 496. The Balaban J connectivity index is 2.03. The average molecular weight is 262 g/mol. The van der Waals surface area contributed by atoms with Crippen LogP contribution >= 0.6 is 11.3 Å². The van der Waals surface area contributed by atoms with Crippen LogP contribution in [0.3, 0.4) is 0 Å². The van der Waals surface area contributed by atoms with Crippen molar-refractivity contribution >= 4 is 23.0 Å². The number of likely N-dealkylation sites (N-methyl/N-ethyl adjacent to an activating group) is 1. The van der Waals surface area contributed by atoms with E-state index in [1.807, 2.05) is 20.0 Å². The van der Waals surface area contributed by atoms with Gasteiger partial charge < -0.3 is 10.6 Å². The number of hydrogen-bond acceptors (Lipinski definition) is 5. The van der Waals surface area contributed by atoms with Crippen LogP contribution in [-0.2, 0) is 12.8 Å². The highest BCUT2D eigenvalue weighted by Gasteiger charge is 2.06. The molecular formula is C13H18N4S. The summed E-state index contributed by atoms with van der Waals surface area (Å²) in [5.74, 6) is 2.24. The summed E-state index contributed by atoms with van der Waals surface area (Å²) in [6.45, 7) is 2.96. The number of thiophene rings is 1. The Morgan fingerprint density at radius 2 is 2.22 bits per heavy atom. The van der Waals surface area contributed by atoms with Crippen molar-refractivity contribution in [3.05, 3.63) is 34.3 Å². The number of rotatable bonds is 5. The molecule has 2 N–H and O–H groups in total. The summed E-state index contributed by atoms with van der Waals surface area (Å²) in [4.78, 5) is 12.2. The van der Waals surface area contributed by atoms with Gasteiger partial charge in [0.2, 0.25) is 0 Å². The summed E-state index contributed by atoms with van der Waals surface area (Å²) in [5, 5.41) is 2.10. The topological polar surface area (TPSA) is 55.0 Å². The van der Waals surface area contributed by atoms with E-state index in [0.717, 1.165) is 31.0 Å². The van der Waals surface area contributed by atoms with E-state index in [1.54, 1.807) is 11.3 Å². The molecule has 0 amide bonds. The molecule has 0 spiro atoms. The molecule has 0 aliphatic heterocycles. The van der Waals surface area contributed by atoms with E-state index in [9.17, 15) is 0 Å². The van der Waals surface area contributed by atoms with E-state index in [0.29, 0.717) is 5.82 Å². The van der Waals surface area contributed by atoms with Crippen molar-refractivity contribution in [1.29, 1.82) is 0 Å². The van der Waals surface area contributed by atoms with E-state index in [2.05, 4.69) is 32.4 Å². The quantitative estimate of drug-likeness (QED) is 0.898. The molecule has 5 heteroatoms. The van der Waals surface area contributed by atoms with Gasteiger partial charge in [-0.25, -0.2) is 9.97 Å². The van der Waals surface area contributed by atoms with Crippen LogP contribution in [-0.4, -0.2) is 23.6 Å². The van der Waals surface area contributed by atoms with Gasteiger partial charge >= 0.3 is 0 Å². The molecule has 0 saturated heterocycles. The number of aryl methyl sites for hydroxylation is 1. The van der Waals surface area contributed by atoms with Crippen molar-refractivity contribution in [2.75, 3.05) is 24.2 Å². The maximum absolute atomic E-state index is 5.79. The van der Waals surface area contributed by atoms with Crippen molar-refractivity contribution < 1.29 is 0 Å². The summed E-state index contributed by atoms with van der Waals surface area (Å²) < 4.78 is 0. The fraction of sp³-hybridized carbons (Fsp3) is 0.385. The molecule has 0 bridgehead atoms. The molecule has 0 aliphatic rings. The van der Waals surface area contributed by atoms with Crippen LogP contribution in [0.15, 0.2) is 23.6 Å². The highest BCUT2D eigenvalue weighted by molar-refractivity contribution is 7.09. The monoisotopic (exact) mass is 262 g/mol. The summed E-state index contributed by atoms with van der Waals surface area (Å²) >= 11 is 1.79. The van der Waals surface area contributed by atoms with Gasteiger partial charge in [-0.15, -0.1) is 11.3 Å². The zero-order valence-corrected chi connectivity index (χ0v) is 11.6. The zero-order valence-electron chi connectivity index (χ0n) is 10.8. The van der Waals surface area contributed by atoms with Gasteiger partial charge in [-0.05, 0) is 17.9 Å². The van der Waals surface area contributed by atoms with E-state index in [1.165, 1.54) is 4.88 Å². The molecular weight excluding hydrogens is 244 g/mol. The predicted molar refractivity (Wildman–Crippen MR) is 77.1 cm³/mol. The summed E-state index contributed by atoms with van der Waals surface area (Å²) in [7, 11) is 2.04. The minimum Gasteiger partial charge on any atom is -0.384 e. The number of hydrogen-bond donors (Lipinski definition) is 1. The first-order valence-electron chi connectivity index (χ1n) is 6.06. The molecule has 18 heavy (non-hydrogen) atoms. The van der Waals surface area contributed by atoms with Crippen LogP contribution in [0.4, 0.5) is 11.6 Å². The smallest absolute Gasteiger partial charge is 0.134 e. The lowest BCUT2D eigenvalue weighted by Crippen LogP contribution is -2.22. The second-order valence-corrected chi connectivity index (χ2v) is 5.20. The second-order valence-electron chi connectivity index (χ2n) is 4.17. The van der Waals surface area contributed by atoms with Gasteiger partial charge in [0, 0.05) is 31.0 Å². The molecule has 2 aromatic rings. The lowest BCUT2D eigenvalue weighted by atomic mass is 10.3. The Morgan fingerprint density at radius 1 is 1.39 bits per heavy atom. The van der Waals surface area contributed by atoms with Gasteiger partial charge in [-0.1, -0.05) is 13.0 Å². The molecule has 0 aliphatic carbocycles. The number of nitrogen functional groups attached to an aromatic ring is 1. The second kappa shape index (κ2) is 5.82. The number of aromatic nitrogens is 2. The summed E-state index contributed by atoms with van der Waals surface area (Å²) in [6, 6.07) is 6.07. The fourth-order valence-corrected chi connectivity index (χ4v) is 2.40. The van der Waals surface area contributed by atoms with E-state index in [4.69, 9.17) is 5.73 Å². The first kappa shape index (κ1) is 12.8. The van der Waals surface area contributed by atoms with E-state index >= 15 is 0 Å². The maximum atomic E-state index is 5.79.